The van der Waals surface area contributed by atoms with Crippen LogP contribution in [0.1, 0.15) is 18.2 Å². The molecule has 2 N–H and O–H groups in total. The van der Waals surface area contributed by atoms with Crippen LogP contribution in [0, 0.1) is 6.92 Å². The number of imide groups is 1. The van der Waals surface area contributed by atoms with E-state index in [9.17, 15) is 14.4 Å². The predicted molar refractivity (Wildman–Crippen MR) is 98.2 cm³/mol. The van der Waals surface area contributed by atoms with Crippen LogP contribution in [0.2, 0.25) is 0 Å². The number of urea groups is 1. The van der Waals surface area contributed by atoms with Crippen molar-refractivity contribution in [1.29, 1.82) is 0 Å². The number of carbonyl (C=O) groups excluding carboxylic acids is 3. The van der Waals surface area contributed by atoms with Crippen LogP contribution >= 0.6 is 0 Å². The van der Waals surface area contributed by atoms with Gasteiger partial charge in [0.25, 0.3) is 5.91 Å². The fraction of sp³-hybridized carbons (Fsp3) is 0.263. The molecule has 140 valence electrons. The van der Waals surface area contributed by atoms with E-state index in [2.05, 4.69) is 15.6 Å². The van der Waals surface area contributed by atoms with Crippen LogP contribution in [0.25, 0.3) is 0 Å². The molecule has 8 heteroatoms. The van der Waals surface area contributed by atoms with Gasteiger partial charge in [-0.3, -0.25) is 14.5 Å². The highest BCUT2D eigenvalue weighted by atomic mass is 16.5. The van der Waals surface area contributed by atoms with Crippen LogP contribution in [0.15, 0.2) is 42.5 Å². The molecule has 1 saturated heterocycles. The molecule has 8 nitrogen and oxygen atoms in total. The Bertz CT molecular complexity index is 897. The lowest BCUT2D eigenvalue weighted by molar-refractivity contribution is -0.133. The zero-order chi connectivity index (χ0) is 19.6. The molecule has 1 aromatic heterocycles. The average Bonchev–Trinajstić information content (AvgIpc) is 2.86. The summed E-state index contributed by atoms with van der Waals surface area (Å²) in [6.07, 6.45) is 0. The molecule has 2 heterocycles. The summed E-state index contributed by atoms with van der Waals surface area (Å²) in [4.78, 5) is 42.5. The van der Waals surface area contributed by atoms with Gasteiger partial charge in [0.15, 0.2) is 0 Å². The van der Waals surface area contributed by atoms with Gasteiger partial charge in [0.05, 0.1) is 7.11 Å². The third kappa shape index (κ3) is 3.59. The number of hydrogen-bond acceptors (Lipinski definition) is 5. The third-order valence-corrected chi connectivity index (χ3v) is 4.40. The molecule has 0 aliphatic carbocycles. The smallest absolute Gasteiger partial charge is 0.325 e. The lowest BCUT2D eigenvalue weighted by atomic mass is 9.92. The minimum absolute atomic E-state index is 0.366. The standard InChI is InChI=1S/C19H20N4O4/c1-12-5-4-6-15(20-12)21-16(24)11-23-17(25)19(2,22-18(23)26)13-7-9-14(27-3)10-8-13/h4-10H,11H2,1-3H3,(H,22,26)(H,20,21,24)/t19-/m0/s1. The molecule has 4 amide bonds. The Labute approximate surface area is 156 Å². The van der Waals surface area contributed by atoms with Crippen molar-refractivity contribution in [2.45, 2.75) is 19.4 Å². The number of aryl methyl sites for hydroxylation is 1. The van der Waals surface area contributed by atoms with Gasteiger partial charge in [-0.2, -0.15) is 0 Å². The van der Waals surface area contributed by atoms with E-state index in [0.717, 1.165) is 10.6 Å². The number of amides is 4. The Balaban J connectivity index is 1.74. The number of hydrogen-bond donors (Lipinski definition) is 2. The highest BCUT2D eigenvalue weighted by Gasteiger charge is 2.49. The van der Waals surface area contributed by atoms with E-state index in [0.29, 0.717) is 17.1 Å². The number of methoxy groups -OCH3 is 1. The van der Waals surface area contributed by atoms with Crippen LogP contribution in [-0.2, 0) is 15.1 Å². The molecule has 0 bridgehead atoms. The minimum atomic E-state index is -1.24. The second-order valence-electron chi connectivity index (χ2n) is 6.39. The average molecular weight is 368 g/mol. The molecule has 1 atom stereocenters. The molecule has 27 heavy (non-hydrogen) atoms. The third-order valence-electron chi connectivity index (χ3n) is 4.40. The molecule has 3 rings (SSSR count). The van der Waals surface area contributed by atoms with Crippen molar-refractivity contribution in [3.05, 3.63) is 53.7 Å². The molecule has 0 radical (unpaired) electrons. The number of nitrogens with one attached hydrogen (secondary N) is 2. The molecule has 1 aliphatic rings. The minimum Gasteiger partial charge on any atom is -0.497 e. The van der Waals surface area contributed by atoms with Crippen LogP contribution in [0.4, 0.5) is 10.6 Å². The van der Waals surface area contributed by atoms with Gasteiger partial charge in [-0.1, -0.05) is 18.2 Å². The second-order valence-corrected chi connectivity index (χ2v) is 6.39. The van der Waals surface area contributed by atoms with Crippen LogP contribution in [0.5, 0.6) is 5.75 Å². The maximum atomic E-state index is 12.9. The summed E-state index contributed by atoms with van der Waals surface area (Å²) in [6.45, 7) is 3.01. The van der Waals surface area contributed by atoms with Gasteiger partial charge in [-0.25, -0.2) is 9.78 Å². The molecule has 0 unspecified atom stereocenters. The van der Waals surface area contributed by atoms with Crippen molar-refractivity contribution in [2.75, 3.05) is 19.0 Å². The normalized spacial score (nSPS) is 19.0. The van der Waals surface area contributed by atoms with E-state index in [1.165, 1.54) is 0 Å². The number of rotatable bonds is 5. The number of anilines is 1. The fourth-order valence-electron chi connectivity index (χ4n) is 2.90. The van der Waals surface area contributed by atoms with Crippen LogP contribution < -0.4 is 15.4 Å². The Morgan fingerprint density at radius 2 is 1.93 bits per heavy atom. The van der Waals surface area contributed by atoms with Crippen molar-refractivity contribution in [1.82, 2.24) is 15.2 Å². The summed E-state index contributed by atoms with van der Waals surface area (Å²) >= 11 is 0. The number of nitrogens with zero attached hydrogens (tertiary/aromatic N) is 2. The van der Waals surface area contributed by atoms with Crippen LogP contribution in [0.3, 0.4) is 0 Å². The van der Waals surface area contributed by atoms with E-state index in [1.54, 1.807) is 63.4 Å². The van der Waals surface area contributed by atoms with Gasteiger partial charge in [-0.05, 0) is 43.7 Å². The van der Waals surface area contributed by atoms with Crippen molar-refractivity contribution in [2.24, 2.45) is 0 Å². The van der Waals surface area contributed by atoms with E-state index < -0.39 is 29.9 Å². The summed E-state index contributed by atoms with van der Waals surface area (Å²) in [5, 5.41) is 5.26. The van der Waals surface area contributed by atoms with E-state index >= 15 is 0 Å². The van der Waals surface area contributed by atoms with Gasteiger partial charge in [0.1, 0.15) is 23.7 Å². The molecule has 0 spiro atoms. The van der Waals surface area contributed by atoms with Crippen LogP contribution in [-0.4, -0.2) is 41.4 Å². The van der Waals surface area contributed by atoms with Crippen molar-refractivity contribution in [3.63, 3.8) is 0 Å². The van der Waals surface area contributed by atoms with E-state index in [-0.39, 0.29) is 0 Å². The molecule has 1 fully saturated rings. The molecule has 1 aromatic carbocycles. The topological polar surface area (TPSA) is 101 Å². The van der Waals surface area contributed by atoms with Gasteiger partial charge >= 0.3 is 6.03 Å². The van der Waals surface area contributed by atoms with Crippen molar-refractivity contribution >= 4 is 23.7 Å². The molecular weight excluding hydrogens is 348 g/mol. The van der Waals surface area contributed by atoms with Gasteiger partial charge < -0.3 is 15.4 Å². The molecular formula is C19H20N4O4. The SMILES string of the molecule is COc1ccc([C@]2(C)NC(=O)N(CC(=O)Nc3cccc(C)n3)C2=O)cc1. The van der Waals surface area contributed by atoms with E-state index in [4.69, 9.17) is 4.74 Å². The summed E-state index contributed by atoms with van der Waals surface area (Å²) in [6, 6.07) is 11.4. The first kappa shape index (κ1) is 18.4. The molecule has 1 aliphatic heterocycles. The molecule has 0 saturated carbocycles. The number of pyridine rings is 1. The quantitative estimate of drug-likeness (QED) is 0.784. The lowest BCUT2D eigenvalue weighted by Gasteiger charge is -2.22. The monoisotopic (exact) mass is 368 g/mol. The highest BCUT2D eigenvalue weighted by Crippen LogP contribution is 2.29. The summed E-state index contributed by atoms with van der Waals surface area (Å²) in [7, 11) is 1.54. The Hall–Kier alpha value is -3.42. The number of aromatic nitrogens is 1. The Morgan fingerprint density at radius 1 is 1.22 bits per heavy atom. The summed E-state index contributed by atoms with van der Waals surface area (Å²) < 4.78 is 5.11. The first-order valence-corrected chi connectivity index (χ1v) is 8.35. The van der Waals surface area contributed by atoms with Gasteiger partial charge in [0.2, 0.25) is 5.91 Å². The second kappa shape index (κ2) is 7.06. The lowest BCUT2D eigenvalue weighted by Crippen LogP contribution is -2.42. The molecule has 2 aromatic rings. The Kier molecular flexibility index (Phi) is 4.81. The maximum Gasteiger partial charge on any atom is 0.325 e. The van der Waals surface area contributed by atoms with Crippen molar-refractivity contribution < 1.29 is 19.1 Å². The number of carbonyl (C=O) groups is 3. The van der Waals surface area contributed by atoms with Gasteiger partial charge in [-0.15, -0.1) is 0 Å². The van der Waals surface area contributed by atoms with Crippen molar-refractivity contribution in [3.8, 4) is 5.75 Å². The zero-order valence-electron chi connectivity index (χ0n) is 15.3. The summed E-state index contributed by atoms with van der Waals surface area (Å²) in [5.41, 5.74) is 0.102. The fourth-order valence-corrected chi connectivity index (χ4v) is 2.90. The number of ether oxygens (including phenoxy) is 1. The summed E-state index contributed by atoms with van der Waals surface area (Å²) in [5.74, 6) is 0.00609. The predicted octanol–water partition coefficient (Wildman–Crippen LogP) is 1.80. The highest BCUT2D eigenvalue weighted by molar-refractivity contribution is 6.10. The largest absolute Gasteiger partial charge is 0.497 e. The van der Waals surface area contributed by atoms with Gasteiger partial charge in [0, 0.05) is 5.69 Å². The first-order chi connectivity index (χ1) is 12.8. The Morgan fingerprint density at radius 3 is 2.56 bits per heavy atom. The zero-order valence-corrected chi connectivity index (χ0v) is 15.3. The maximum absolute atomic E-state index is 12.9. The first-order valence-electron chi connectivity index (χ1n) is 8.35. The number of benzene rings is 1. The van der Waals surface area contributed by atoms with E-state index in [1.807, 2.05) is 0 Å².